The molecule has 0 radical (unpaired) electrons. The van der Waals surface area contributed by atoms with Crippen LogP contribution < -0.4 is 0 Å². The standard InChI is InChI=1S/C16H12BrNOS/c17-12-7-5-11(6-8-12)16-14-4-2-1-3-13(14)15(19)18(16)9-10-20-16/h1-8H,9-10H2/t16-/m0/s1. The summed E-state index contributed by atoms with van der Waals surface area (Å²) in [6.45, 7) is 0.814. The molecule has 20 heavy (non-hydrogen) atoms. The lowest BCUT2D eigenvalue weighted by molar-refractivity contribution is 0.0752. The molecule has 2 aromatic rings. The predicted octanol–water partition coefficient (Wildman–Crippen LogP) is 3.85. The number of fused-ring (bicyclic) bond motifs is 3. The first-order chi connectivity index (χ1) is 9.73. The lowest BCUT2D eigenvalue weighted by Crippen LogP contribution is -2.37. The van der Waals surface area contributed by atoms with E-state index in [-0.39, 0.29) is 10.8 Å². The lowest BCUT2D eigenvalue weighted by atomic mass is 9.97. The van der Waals surface area contributed by atoms with E-state index in [1.807, 2.05) is 47.0 Å². The third kappa shape index (κ3) is 1.49. The Kier molecular flexibility index (Phi) is 2.72. The lowest BCUT2D eigenvalue weighted by Gasteiger charge is -2.32. The third-order valence-electron chi connectivity index (χ3n) is 4.01. The maximum atomic E-state index is 12.6. The van der Waals surface area contributed by atoms with Gasteiger partial charge in [0.05, 0.1) is 0 Å². The van der Waals surface area contributed by atoms with Crippen molar-refractivity contribution in [1.82, 2.24) is 4.90 Å². The van der Waals surface area contributed by atoms with Gasteiger partial charge in [-0.25, -0.2) is 0 Å². The van der Waals surface area contributed by atoms with Gasteiger partial charge in [-0.05, 0) is 23.8 Å². The Balaban J connectivity index is 1.99. The van der Waals surface area contributed by atoms with Crippen molar-refractivity contribution < 1.29 is 4.79 Å². The van der Waals surface area contributed by atoms with Gasteiger partial charge in [-0.2, -0.15) is 0 Å². The van der Waals surface area contributed by atoms with Crippen molar-refractivity contribution in [3.05, 3.63) is 69.7 Å². The topological polar surface area (TPSA) is 20.3 Å². The van der Waals surface area contributed by atoms with Gasteiger partial charge in [-0.15, -0.1) is 11.8 Å². The summed E-state index contributed by atoms with van der Waals surface area (Å²) in [5.41, 5.74) is 3.17. The van der Waals surface area contributed by atoms with Gasteiger partial charge in [-0.1, -0.05) is 46.3 Å². The number of nitrogens with zero attached hydrogens (tertiary/aromatic N) is 1. The Morgan fingerprint density at radius 3 is 2.65 bits per heavy atom. The molecule has 0 saturated carbocycles. The second kappa shape index (κ2) is 4.37. The molecule has 1 saturated heterocycles. The number of rotatable bonds is 1. The molecule has 0 aromatic heterocycles. The molecule has 1 fully saturated rings. The fourth-order valence-electron chi connectivity index (χ4n) is 3.17. The number of carbonyl (C=O) groups is 1. The minimum atomic E-state index is -0.325. The van der Waals surface area contributed by atoms with E-state index >= 15 is 0 Å². The highest BCUT2D eigenvalue weighted by molar-refractivity contribution is 9.10. The fourth-order valence-corrected chi connectivity index (χ4v) is 4.97. The summed E-state index contributed by atoms with van der Waals surface area (Å²) in [7, 11) is 0. The van der Waals surface area contributed by atoms with Gasteiger partial charge >= 0.3 is 0 Å². The number of thioether (sulfide) groups is 1. The Morgan fingerprint density at radius 2 is 1.85 bits per heavy atom. The van der Waals surface area contributed by atoms with Crippen molar-refractivity contribution in [2.75, 3.05) is 12.3 Å². The molecule has 0 unspecified atom stereocenters. The van der Waals surface area contributed by atoms with Crippen molar-refractivity contribution in [3.63, 3.8) is 0 Å². The van der Waals surface area contributed by atoms with E-state index in [9.17, 15) is 4.79 Å². The minimum absolute atomic E-state index is 0.161. The van der Waals surface area contributed by atoms with E-state index in [0.29, 0.717) is 0 Å². The summed E-state index contributed by atoms with van der Waals surface area (Å²) in [5, 5.41) is 0. The molecule has 2 aliphatic heterocycles. The monoisotopic (exact) mass is 345 g/mol. The molecule has 0 spiro atoms. The van der Waals surface area contributed by atoms with Crippen LogP contribution in [-0.4, -0.2) is 23.1 Å². The summed E-state index contributed by atoms with van der Waals surface area (Å²) < 4.78 is 1.06. The number of hydrogen-bond acceptors (Lipinski definition) is 2. The predicted molar refractivity (Wildman–Crippen MR) is 84.9 cm³/mol. The Hall–Kier alpha value is -1.26. The van der Waals surface area contributed by atoms with E-state index in [1.54, 1.807) is 0 Å². The molecule has 0 bridgehead atoms. The first kappa shape index (κ1) is 12.5. The Labute approximate surface area is 130 Å². The van der Waals surface area contributed by atoms with Crippen LogP contribution in [0.15, 0.2) is 53.0 Å². The van der Waals surface area contributed by atoms with Crippen LogP contribution >= 0.6 is 27.7 Å². The van der Waals surface area contributed by atoms with Crippen molar-refractivity contribution in [3.8, 4) is 0 Å². The highest BCUT2D eigenvalue weighted by atomic mass is 79.9. The van der Waals surface area contributed by atoms with Gasteiger partial charge in [-0.3, -0.25) is 4.79 Å². The van der Waals surface area contributed by atoms with Gasteiger partial charge in [0.25, 0.3) is 5.91 Å². The molecule has 0 aliphatic carbocycles. The first-order valence-electron chi connectivity index (χ1n) is 6.55. The summed E-state index contributed by atoms with van der Waals surface area (Å²) in [6.07, 6.45) is 0. The van der Waals surface area contributed by atoms with Crippen LogP contribution in [0.5, 0.6) is 0 Å². The molecule has 4 heteroatoms. The average molecular weight is 346 g/mol. The van der Waals surface area contributed by atoms with Crippen LogP contribution in [0.3, 0.4) is 0 Å². The summed E-state index contributed by atoms with van der Waals surface area (Å²) in [6, 6.07) is 16.3. The molecule has 2 heterocycles. The maximum Gasteiger partial charge on any atom is 0.255 e. The largest absolute Gasteiger partial charge is 0.315 e. The molecule has 100 valence electrons. The maximum absolute atomic E-state index is 12.6. The van der Waals surface area contributed by atoms with Crippen molar-refractivity contribution in [1.29, 1.82) is 0 Å². The van der Waals surface area contributed by atoms with Crippen LogP contribution in [0.2, 0.25) is 0 Å². The van der Waals surface area contributed by atoms with Crippen molar-refractivity contribution in [2.24, 2.45) is 0 Å². The van der Waals surface area contributed by atoms with Gasteiger partial charge in [0.15, 0.2) is 0 Å². The molecular formula is C16H12BrNOS. The van der Waals surface area contributed by atoms with E-state index in [2.05, 4.69) is 34.1 Å². The van der Waals surface area contributed by atoms with Gasteiger partial charge in [0.2, 0.25) is 0 Å². The zero-order valence-electron chi connectivity index (χ0n) is 10.7. The van der Waals surface area contributed by atoms with Gasteiger partial charge < -0.3 is 4.90 Å². The summed E-state index contributed by atoms with van der Waals surface area (Å²) in [5.74, 6) is 1.14. The second-order valence-corrected chi connectivity index (χ2v) is 7.21. The number of amides is 1. The summed E-state index contributed by atoms with van der Waals surface area (Å²) >= 11 is 5.34. The molecule has 4 rings (SSSR count). The molecule has 2 aliphatic rings. The number of hydrogen-bond donors (Lipinski definition) is 0. The molecule has 2 nitrogen and oxygen atoms in total. The highest BCUT2D eigenvalue weighted by Gasteiger charge is 2.54. The van der Waals surface area contributed by atoms with Crippen LogP contribution in [-0.2, 0) is 4.87 Å². The molecule has 1 amide bonds. The SMILES string of the molecule is O=C1c2ccccc2[C@]2(c3ccc(Br)cc3)SCCN12. The van der Waals surface area contributed by atoms with Crippen LogP contribution in [0.4, 0.5) is 0 Å². The van der Waals surface area contributed by atoms with E-state index in [1.165, 1.54) is 5.56 Å². The number of carbonyl (C=O) groups excluding carboxylic acids is 1. The first-order valence-corrected chi connectivity index (χ1v) is 8.33. The van der Waals surface area contributed by atoms with Gasteiger partial charge in [0.1, 0.15) is 4.87 Å². The zero-order chi connectivity index (χ0) is 13.7. The normalized spacial score (nSPS) is 23.9. The minimum Gasteiger partial charge on any atom is -0.315 e. The second-order valence-electron chi connectivity index (χ2n) is 5.00. The van der Waals surface area contributed by atoms with Crippen molar-refractivity contribution in [2.45, 2.75) is 4.87 Å². The van der Waals surface area contributed by atoms with Crippen LogP contribution in [0.25, 0.3) is 0 Å². The third-order valence-corrected chi connectivity index (χ3v) is 6.02. The van der Waals surface area contributed by atoms with Gasteiger partial charge in [0, 0.05) is 27.9 Å². The van der Waals surface area contributed by atoms with Crippen LogP contribution in [0.1, 0.15) is 21.5 Å². The van der Waals surface area contributed by atoms with E-state index in [4.69, 9.17) is 0 Å². The van der Waals surface area contributed by atoms with E-state index in [0.717, 1.165) is 27.9 Å². The smallest absolute Gasteiger partial charge is 0.255 e. The number of halogens is 1. The summed E-state index contributed by atoms with van der Waals surface area (Å²) in [4.78, 5) is 14.3. The zero-order valence-corrected chi connectivity index (χ0v) is 13.1. The van der Waals surface area contributed by atoms with Crippen LogP contribution in [0, 0.1) is 0 Å². The molecule has 2 aromatic carbocycles. The highest BCUT2D eigenvalue weighted by Crippen LogP contribution is 2.55. The van der Waals surface area contributed by atoms with Crippen molar-refractivity contribution >= 4 is 33.6 Å². The molecular weight excluding hydrogens is 334 g/mol. The number of benzene rings is 2. The molecule has 0 N–H and O–H groups in total. The van der Waals surface area contributed by atoms with E-state index < -0.39 is 0 Å². The quantitative estimate of drug-likeness (QED) is 0.782. The fraction of sp³-hybridized carbons (Fsp3) is 0.188. The average Bonchev–Trinajstić information content (AvgIpc) is 3.01. The Morgan fingerprint density at radius 1 is 1.10 bits per heavy atom. The molecule has 1 atom stereocenters. The Bertz CT molecular complexity index is 700.